The van der Waals surface area contributed by atoms with Crippen LogP contribution in [-0.2, 0) is 9.59 Å². The molecule has 0 radical (unpaired) electrons. The Hall–Kier alpha value is -1.80. The van der Waals surface area contributed by atoms with E-state index in [0.29, 0.717) is 15.6 Å². The predicted octanol–water partition coefficient (Wildman–Crippen LogP) is 0.472. The number of halogens is 4. The Morgan fingerprint density at radius 1 is 1.18 bits per heavy atom. The zero-order chi connectivity index (χ0) is 16.8. The predicted molar refractivity (Wildman–Crippen MR) is 75.8 cm³/mol. The average Bonchev–Trinajstić information content (AvgIpc) is 2.38. The summed E-state index contributed by atoms with van der Waals surface area (Å²) in [4.78, 5) is 23.5. The van der Waals surface area contributed by atoms with Crippen LogP contribution in [0.3, 0.4) is 0 Å². The Labute approximate surface area is 130 Å². The highest BCUT2D eigenvalue weighted by atomic mass is 35.5. The van der Waals surface area contributed by atoms with Crippen molar-refractivity contribution in [1.29, 1.82) is 0 Å². The minimum absolute atomic E-state index is 0.0787. The largest absolute Gasteiger partial charge is 0.405 e. The first-order chi connectivity index (χ1) is 10.2. The van der Waals surface area contributed by atoms with E-state index in [1.165, 1.54) is 7.05 Å². The van der Waals surface area contributed by atoms with Crippen LogP contribution in [0.15, 0.2) is 24.3 Å². The summed E-state index contributed by atoms with van der Waals surface area (Å²) in [5.41, 5.74) is 0.434. The third kappa shape index (κ3) is 7.28. The molecule has 22 heavy (non-hydrogen) atoms. The van der Waals surface area contributed by atoms with Crippen LogP contribution in [-0.4, -0.2) is 44.7 Å². The number of likely N-dealkylation sites (N-methyl/N-ethyl adjacent to an activating group) is 1. The van der Waals surface area contributed by atoms with Crippen molar-refractivity contribution in [3.8, 4) is 0 Å². The molecular formula is C13H16ClF3N3O2+. The molecule has 0 spiro atoms. The van der Waals surface area contributed by atoms with Crippen molar-refractivity contribution in [2.45, 2.75) is 6.18 Å². The normalized spacial score (nSPS) is 12.6. The van der Waals surface area contributed by atoms with Gasteiger partial charge in [0.15, 0.2) is 13.1 Å². The molecule has 0 saturated carbocycles. The van der Waals surface area contributed by atoms with Gasteiger partial charge in [0.05, 0.1) is 17.8 Å². The Morgan fingerprint density at radius 3 is 2.36 bits per heavy atom. The second-order valence-electron chi connectivity index (χ2n) is 4.73. The van der Waals surface area contributed by atoms with Gasteiger partial charge in [0, 0.05) is 0 Å². The maximum absolute atomic E-state index is 11.9. The number of carbonyl (C=O) groups is 2. The molecule has 0 aliphatic carbocycles. The first-order valence-electron chi connectivity index (χ1n) is 6.36. The number of carbonyl (C=O) groups excluding carboxylic acids is 2. The SMILES string of the molecule is C[NH+](CC(=O)NCC(F)(F)F)CC(=O)Nc1ccccc1Cl. The van der Waals surface area contributed by atoms with Crippen molar-refractivity contribution in [3.63, 3.8) is 0 Å². The van der Waals surface area contributed by atoms with Crippen LogP contribution in [0.1, 0.15) is 0 Å². The third-order valence-electron chi connectivity index (χ3n) is 2.56. The summed E-state index contributed by atoms with van der Waals surface area (Å²) in [6, 6.07) is 6.63. The molecule has 1 atom stereocenters. The molecule has 0 aromatic heterocycles. The number of amides is 2. The maximum Gasteiger partial charge on any atom is 0.405 e. The van der Waals surface area contributed by atoms with E-state index in [9.17, 15) is 22.8 Å². The van der Waals surface area contributed by atoms with E-state index in [1.54, 1.807) is 29.6 Å². The van der Waals surface area contributed by atoms with E-state index in [4.69, 9.17) is 11.6 Å². The third-order valence-corrected chi connectivity index (χ3v) is 2.89. The number of para-hydroxylation sites is 1. The average molecular weight is 339 g/mol. The Balaban J connectivity index is 2.38. The van der Waals surface area contributed by atoms with Crippen molar-refractivity contribution in [2.24, 2.45) is 0 Å². The zero-order valence-electron chi connectivity index (χ0n) is 11.8. The van der Waals surface area contributed by atoms with E-state index in [-0.39, 0.29) is 13.1 Å². The van der Waals surface area contributed by atoms with Crippen molar-refractivity contribution < 1.29 is 27.7 Å². The van der Waals surface area contributed by atoms with Crippen molar-refractivity contribution in [2.75, 3.05) is 32.0 Å². The summed E-state index contributed by atoms with van der Waals surface area (Å²) in [5, 5.41) is 4.69. The molecule has 1 rings (SSSR count). The van der Waals surface area contributed by atoms with Gasteiger partial charge in [0.25, 0.3) is 11.8 Å². The minimum atomic E-state index is -4.45. The molecule has 3 N–H and O–H groups in total. The summed E-state index contributed by atoms with van der Waals surface area (Å²) in [5.74, 6) is -1.17. The zero-order valence-corrected chi connectivity index (χ0v) is 12.5. The maximum atomic E-state index is 11.9. The fourth-order valence-corrected chi connectivity index (χ4v) is 1.81. The number of anilines is 1. The summed E-state index contributed by atoms with van der Waals surface area (Å²) in [6.45, 7) is -1.71. The number of alkyl halides is 3. The molecule has 122 valence electrons. The highest BCUT2D eigenvalue weighted by molar-refractivity contribution is 6.33. The highest BCUT2D eigenvalue weighted by Gasteiger charge is 2.28. The minimum Gasteiger partial charge on any atom is -0.342 e. The van der Waals surface area contributed by atoms with Crippen LogP contribution in [0.25, 0.3) is 0 Å². The topological polar surface area (TPSA) is 62.6 Å². The van der Waals surface area contributed by atoms with E-state index in [0.717, 1.165) is 0 Å². The van der Waals surface area contributed by atoms with Gasteiger partial charge in [-0.2, -0.15) is 13.2 Å². The van der Waals surface area contributed by atoms with E-state index >= 15 is 0 Å². The van der Waals surface area contributed by atoms with E-state index < -0.39 is 24.5 Å². The van der Waals surface area contributed by atoms with Gasteiger partial charge in [-0.3, -0.25) is 9.59 Å². The van der Waals surface area contributed by atoms with Crippen LogP contribution < -0.4 is 15.5 Å². The van der Waals surface area contributed by atoms with Gasteiger partial charge in [-0.25, -0.2) is 0 Å². The molecule has 0 aliphatic heterocycles. The molecule has 9 heteroatoms. The van der Waals surface area contributed by atoms with Crippen LogP contribution in [0.5, 0.6) is 0 Å². The number of quaternary nitrogens is 1. The second-order valence-corrected chi connectivity index (χ2v) is 5.14. The Morgan fingerprint density at radius 2 is 1.77 bits per heavy atom. The van der Waals surface area contributed by atoms with Gasteiger partial charge in [-0.15, -0.1) is 0 Å². The first-order valence-corrected chi connectivity index (χ1v) is 6.74. The molecule has 0 bridgehead atoms. The molecule has 5 nitrogen and oxygen atoms in total. The van der Waals surface area contributed by atoms with Gasteiger partial charge >= 0.3 is 6.18 Å². The Bertz CT molecular complexity index is 538. The van der Waals surface area contributed by atoms with Gasteiger partial charge in [0.1, 0.15) is 6.54 Å². The molecule has 1 unspecified atom stereocenters. The number of hydrogen-bond acceptors (Lipinski definition) is 2. The lowest BCUT2D eigenvalue weighted by molar-refractivity contribution is -0.862. The standard InChI is InChI=1S/C13H15ClF3N3O2/c1-20(6-11(21)18-8-13(15,16)17)7-12(22)19-10-5-3-2-4-9(10)14/h2-5H,6-8H2,1H3,(H,18,21)(H,19,22)/p+1. The fraction of sp³-hybridized carbons (Fsp3) is 0.385. The molecule has 0 saturated heterocycles. The lowest BCUT2D eigenvalue weighted by Crippen LogP contribution is -3.11. The molecular weight excluding hydrogens is 323 g/mol. The van der Waals surface area contributed by atoms with Crippen LogP contribution in [0.2, 0.25) is 5.02 Å². The van der Waals surface area contributed by atoms with E-state index in [1.807, 2.05) is 0 Å². The molecule has 1 aromatic rings. The van der Waals surface area contributed by atoms with Gasteiger partial charge < -0.3 is 15.5 Å². The highest BCUT2D eigenvalue weighted by Crippen LogP contribution is 2.19. The molecule has 1 aromatic carbocycles. The van der Waals surface area contributed by atoms with Gasteiger partial charge in [-0.1, -0.05) is 23.7 Å². The molecule has 0 aliphatic rings. The van der Waals surface area contributed by atoms with Gasteiger partial charge in [0.2, 0.25) is 0 Å². The lowest BCUT2D eigenvalue weighted by Gasteiger charge is -2.14. The fourth-order valence-electron chi connectivity index (χ4n) is 1.63. The smallest absolute Gasteiger partial charge is 0.342 e. The van der Waals surface area contributed by atoms with Crippen molar-refractivity contribution in [3.05, 3.63) is 29.3 Å². The first kappa shape index (κ1) is 18.2. The summed E-state index contributed by atoms with van der Waals surface area (Å²) in [7, 11) is 1.53. The van der Waals surface area contributed by atoms with Crippen molar-refractivity contribution in [1.82, 2.24) is 5.32 Å². The number of rotatable bonds is 6. The molecule has 0 heterocycles. The lowest BCUT2D eigenvalue weighted by atomic mass is 10.3. The Kier molecular flexibility index (Phi) is 6.63. The van der Waals surface area contributed by atoms with Crippen LogP contribution in [0.4, 0.5) is 18.9 Å². The van der Waals surface area contributed by atoms with Crippen LogP contribution in [0, 0.1) is 0 Å². The monoisotopic (exact) mass is 338 g/mol. The number of benzene rings is 1. The quantitative estimate of drug-likeness (QED) is 0.706. The molecule has 2 amide bonds. The summed E-state index contributed by atoms with van der Waals surface area (Å²) < 4.78 is 35.8. The number of hydrogen-bond donors (Lipinski definition) is 3. The summed E-state index contributed by atoms with van der Waals surface area (Å²) in [6.07, 6.45) is -4.45. The van der Waals surface area contributed by atoms with Crippen LogP contribution >= 0.6 is 11.6 Å². The second kappa shape index (κ2) is 8.00. The molecule has 0 fully saturated rings. The summed E-state index contributed by atoms with van der Waals surface area (Å²) >= 11 is 5.88. The van der Waals surface area contributed by atoms with E-state index in [2.05, 4.69) is 5.32 Å². The van der Waals surface area contributed by atoms with Crippen molar-refractivity contribution >= 4 is 29.1 Å². The van der Waals surface area contributed by atoms with Gasteiger partial charge in [-0.05, 0) is 12.1 Å². The number of nitrogens with one attached hydrogen (secondary N) is 3.